The lowest BCUT2D eigenvalue weighted by Crippen LogP contribution is -2.20. The standard InChI is InChI=1S/C13H16ClN3O/c14-7-13(18)8-16-12-3-1-2-11(6-12)9-17-5-4-15-10-17/h1-6,10,13,16,18H,7-9H2. The smallest absolute Gasteiger partial charge is 0.0949 e. The minimum atomic E-state index is -0.524. The largest absolute Gasteiger partial charge is 0.390 e. The van der Waals surface area contributed by atoms with Gasteiger partial charge in [-0.05, 0) is 17.7 Å². The van der Waals surface area contributed by atoms with Crippen LogP contribution in [0.1, 0.15) is 5.56 Å². The molecule has 0 aliphatic heterocycles. The molecule has 96 valence electrons. The van der Waals surface area contributed by atoms with Crippen molar-refractivity contribution in [3.63, 3.8) is 0 Å². The Balaban J connectivity index is 1.96. The van der Waals surface area contributed by atoms with E-state index < -0.39 is 6.10 Å². The van der Waals surface area contributed by atoms with Crippen molar-refractivity contribution >= 4 is 17.3 Å². The van der Waals surface area contributed by atoms with E-state index in [1.807, 2.05) is 22.9 Å². The van der Waals surface area contributed by atoms with Gasteiger partial charge in [0.2, 0.25) is 0 Å². The van der Waals surface area contributed by atoms with Crippen molar-refractivity contribution in [2.75, 3.05) is 17.7 Å². The monoisotopic (exact) mass is 265 g/mol. The van der Waals surface area contributed by atoms with Crippen LogP contribution in [-0.2, 0) is 6.54 Å². The van der Waals surface area contributed by atoms with E-state index >= 15 is 0 Å². The molecule has 1 heterocycles. The van der Waals surface area contributed by atoms with E-state index in [0.29, 0.717) is 6.54 Å². The van der Waals surface area contributed by atoms with Crippen LogP contribution in [0.25, 0.3) is 0 Å². The Bertz CT molecular complexity index is 473. The van der Waals surface area contributed by atoms with Crippen LogP contribution < -0.4 is 5.32 Å². The number of aliphatic hydroxyl groups is 1. The molecule has 1 atom stereocenters. The first-order valence-electron chi connectivity index (χ1n) is 5.80. The first kappa shape index (κ1) is 12.9. The Morgan fingerprint density at radius 1 is 1.44 bits per heavy atom. The molecule has 0 fully saturated rings. The van der Waals surface area contributed by atoms with Gasteiger partial charge in [0.1, 0.15) is 0 Å². The Morgan fingerprint density at radius 3 is 3.06 bits per heavy atom. The number of aliphatic hydroxyl groups excluding tert-OH is 1. The third-order valence-electron chi connectivity index (χ3n) is 2.57. The zero-order valence-electron chi connectivity index (χ0n) is 9.96. The van der Waals surface area contributed by atoms with Gasteiger partial charge in [-0.15, -0.1) is 11.6 Å². The van der Waals surface area contributed by atoms with E-state index in [2.05, 4.69) is 22.4 Å². The summed E-state index contributed by atoms with van der Waals surface area (Å²) in [6, 6.07) is 8.07. The van der Waals surface area contributed by atoms with E-state index in [1.54, 1.807) is 12.5 Å². The van der Waals surface area contributed by atoms with Gasteiger partial charge in [-0.1, -0.05) is 12.1 Å². The molecule has 0 bridgehead atoms. The lowest BCUT2D eigenvalue weighted by molar-refractivity contribution is 0.211. The molecule has 18 heavy (non-hydrogen) atoms. The van der Waals surface area contributed by atoms with E-state index in [0.717, 1.165) is 12.2 Å². The maximum atomic E-state index is 9.39. The van der Waals surface area contributed by atoms with Crippen LogP contribution in [0, 0.1) is 0 Å². The maximum absolute atomic E-state index is 9.39. The van der Waals surface area contributed by atoms with E-state index in [4.69, 9.17) is 11.6 Å². The van der Waals surface area contributed by atoms with Crippen molar-refractivity contribution in [3.8, 4) is 0 Å². The second-order valence-electron chi connectivity index (χ2n) is 4.12. The number of hydrogen-bond donors (Lipinski definition) is 2. The Labute approximate surface area is 111 Å². The van der Waals surface area contributed by atoms with Gasteiger partial charge in [0.05, 0.1) is 18.3 Å². The predicted octanol–water partition coefficient (Wildman–Crippen LogP) is 1.94. The Morgan fingerprint density at radius 2 is 2.33 bits per heavy atom. The van der Waals surface area contributed by atoms with E-state index in [1.165, 1.54) is 5.56 Å². The molecule has 2 aromatic rings. The number of benzene rings is 1. The molecule has 1 aromatic carbocycles. The summed E-state index contributed by atoms with van der Waals surface area (Å²) >= 11 is 5.54. The second-order valence-corrected chi connectivity index (χ2v) is 4.43. The highest BCUT2D eigenvalue weighted by atomic mass is 35.5. The number of anilines is 1. The zero-order valence-corrected chi connectivity index (χ0v) is 10.7. The van der Waals surface area contributed by atoms with Gasteiger partial charge in [-0.3, -0.25) is 0 Å². The van der Waals surface area contributed by atoms with Gasteiger partial charge >= 0.3 is 0 Å². The summed E-state index contributed by atoms with van der Waals surface area (Å²) in [6.07, 6.45) is 4.96. The number of nitrogens with zero attached hydrogens (tertiary/aromatic N) is 2. The van der Waals surface area contributed by atoms with Crippen LogP contribution in [0.4, 0.5) is 5.69 Å². The maximum Gasteiger partial charge on any atom is 0.0949 e. The molecule has 1 aromatic heterocycles. The molecule has 2 N–H and O–H groups in total. The average Bonchev–Trinajstić information content (AvgIpc) is 2.89. The van der Waals surface area contributed by atoms with Crippen molar-refractivity contribution in [2.24, 2.45) is 0 Å². The van der Waals surface area contributed by atoms with Crippen LogP contribution in [0.2, 0.25) is 0 Å². The van der Waals surface area contributed by atoms with Gasteiger partial charge in [-0.25, -0.2) is 4.98 Å². The van der Waals surface area contributed by atoms with Crippen LogP contribution in [0.15, 0.2) is 43.0 Å². The summed E-state index contributed by atoms with van der Waals surface area (Å²) in [5.41, 5.74) is 2.16. The molecule has 0 aliphatic carbocycles. The van der Waals surface area contributed by atoms with Crippen molar-refractivity contribution in [3.05, 3.63) is 48.5 Å². The van der Waals surface area contributed by atoms with Crippen LogP contribution in [-0.4, -0.2) is 33.2 Å². The number of alkyl halides is 1. The fourth-order valence-electron chi connectivity index (χ4n) is 1.66. The molecular formula is C13H16ClN3O. The summed E-state index contributed by atoms with van der Waals surface area (Å²) in [4.78, 5) is 4.01. The molecule has 5 heteroatoms. The Hall–Kier alpha value is -1.52. The van der Waals surface area contributed by atoms with Crippen molar-refractivity contribution in [2.45, 2.75) is 12.6 Å². The van der Waals surface area contributed by atoms with Crippen molar-refractivity contribution < 1.29 is 5.11 Å². The summed E-state index contributed by atoms with van der Waals surface area (Å²) in [7, 11) is 0. The number of aromatic nitrogens is 2. The normalized spacial score (nSPS) is 12.3. The molecule has 0 amide bonds. The lowest BCUT2D eigenvalue weighted by Gasteiger charge is -2.11. The van der Waals surface area contributed by atoms with Gasteiger partial charge < -0.3 is 15.0 Å². The summed E-state index contributed by atoms with van der Waals surface area (Å²) < 4.78 is 2.01. The third kappa shape index (κ3) is 3.75. The predicted molar refractivity (Wildman–Crippen MR) is 73.0 cm³/mol. The number of rotatable bonds is 6. The number of hydrogen-bond acceptors (Lipinski definition) is 3. The molecule has 0 saturated carbocycles. The molecule has 4 nitrogen and oxygen atoms in total. The summed E-state index contributed by atoms with van der Waals surface area (Å²) in [5.74, 6) is 0.238. The van der Waals surface area contributed by atoms with Crippen LogP contribution in [0.3, 0.4) is 0 Å². The van der Waals surface area contributed by atoms with Gasteiger partial charge in [0.25, 0.3) is 0 Å². The number of nitrogens with one attached hydrogen (secondary N) is 1. The SMILES string of the molecule is OC(CCl)CNc1cccc(Cn2ccnc2)c1. The topological polar surface area (TPSA) is 50.1 Å². The fourth-order valence-corrected chi connectivity index (χ4v) is 1.77. The summed E-state index contributed by atoms with van der Waals surface area (Å²) in [6.45, 7) is 1.24. The highest BCUT2D eigenvalue weighted by Gasteiger charge is 2.02. The minimum Gasteiger partial charge on any atom is -0.390 e. The Kier molecular flexibility index (Phi) is 4.61. The second kappa shape index (κ2) is 6.42. The van der Waals surface area contributed by atoms with Gasteiger partial charge in [-0.2, -0.15) is 0 Å². The molecule has 0 spiro atoms. The van der Waals surface area contributed by atoms with Gasteiger partial charge in [0, 0.05) is 31.2 Å². The highest BCUT2D eigenvalue weighted by Crippen LogP contribution is 2.12. The molecule has 0 radical (unpaired) electrons. The fraction of sp³-hybridized carbons (Fsp3) is 0.308. The molecule has 0 aliphatic rings. The van der Waals surface area contributed by atoms with Gasteiger partial charge in [0.15, 0.2) is 0 Å². The molecule has 1 unspecified atom stereocenters. The summed E-state index contributed by atoms with van der Waals surface area (Å²) in [5, 5.41) is 12.5. The highest BCUT2D eigenvalue weighted by molar-refractivity contribution is 6.18. The quantitative estimate of drug-likeness (QED) is 0.785. The van der Waals surface area contributed by atoms with E-state index in [-0.39, 0.29) is 5.88 Å². The number of imidazole rings is 1. The number of halogens is 1. The van der Waals surface area contributed by atoms with Crippen molar-refractivity contribution in [1.29, 1.82) is 0 Å². The minimum absolute atomic E-state index is 0.238. The molecule has 2 rings (SSSR count). The molecular weight excluding hydrogens is 250 g/mol. The first-order chi connectivity index (χ1) is 8.78. The molecule has 0 saturated heterocycles. The lowest BCUT2D eigenvalue weighted by atomic mass is 10.2. The average molecular weight is 266 g/mol. The first-order valence-corrected chi connectivity index (χ1v) is 6.34. The van der Waals surface area contributed by atoms with Crippen molar-refractivity contribution in [1.82, 2.24) is 9.55 Å². The third-order valence-corrected chi connectivity index (χ3v) is 2.93. The zero-order chi connectivity index (χ0) is 12.8. The van der Waals surface area contributed by atoms with E-state index in [9.17, 15) is 5.11 Å². The van der Waals surface area contributed by atoms with Crippen LogP contribution in [0.5, 0.6) is 0 Å². The van der Waals surface area contributed by atoms with Crippen LogP contribution >= 0.6 is 11.6 Å².